The number of nitrogen functional groups attached to an aromatic ring is 1. The van der Waals surface area contributed by atoms with Gasteiger partial charge < -0.3 is 20.4 Å². The Labute approximate surface area is 193 Å². The third-order valence-corrected chi connectivity index (χ3v) is 5.98. The van der Waals surface area contributed by atoms with Gasteiger partial charge in [-0.05, 0) is 51.0 Å². The number of fused-ring (bicyclic) bond motifs is 2. The maximum absolute atomic E-state index is 9.49. The van der Waals surface area contributed by atoms with Crippen LogP contribution in [0.15, 0.2) is 42.7 Å². The van der Waals surface area contributed by atoms with Gasteiger partial charge in [0.05, 0.1) is 12.3 Å². The number of nitrogens with zero attached hydrogens (tertiary/aromatic N) is 4. The molecule has 0 spiro atoms. The van der Waals surface area contributed by atoms with Crippen molar-refractivity contribution in [3.8, 4) is 11.4 Å². The highest BCUT2D eigenvalue weighted by atomic mass is 16.5. The van der Waals surface area contributed by atoms with E-state index in [4.69, 9.17) is 10.7 Å². The molecule has 0 amide bonds. The van der Waals surface area contributed by atoms with Gasteiger partial charge in [0, 0.05) is 29.2 Å². The lowest BCUT2D eigenvalue weighted by Gasteiger charge is -2.28. The van der Waals surface area contributed by atoms with E-state index >= 15 is 0 Å². The summed E-state index contributed by atoms with van der Waals surface area (Å²) in [5, 5.41) is 1.17. The number of H-pyrrole nitrogens is 1. The number of carbonyl (C=O) groups is 1. The number of aromatic nitrogens is 4. The van der Waals surface area contributed by atoms with E-state index in [0.717, 1.165) is 54.2 Å². The van der Waals surface area contributed by atoms with E-state index in [0.29, 0.717) is 30.7 Å². The highest BCUT2D eigenvalue weighted by Gasteiger charge is 2.25. The average Bonchev–Trinajstić information content (AvgIpc) is 3.41. The predicted octanol–water partition coefficient (Wildman–Crippen LogP) is 4.08. The number of nitrogens with two attached hydrogens (primary N) is 1. The smallest absolute Gasteiger partial charge is 0.293 e. The zero-order valence-electron chi connectivity index (χ0n) is 19.5. The first-order valence-corrected chi connectivity index (χ1v) is 11.4. The van der Waals surface area contributed by atoms with Crippen LogP contribution in [0.3, 0.4) is 0 Å². The molecule has 4 aromatic rings. The van der Waals surface area contributed by atoms with Crippen molar-refractivity contribution >= 4 is 28.7 Å². The van der Waals surface area contributed by atoms with Crippen LogP contribution in [-0.4, -0.2) is 57.5 Å². The molecular weight excluding hydrogens is 416 g/mol. The Hall–Kier alpha value is -3.39. The number of benzene rings is 1. The fourth-order valence-corrected chi connectivity index (χ4v) is 4.26. The van der Waals surface area contributed by atoms with E-state index in [1.807, 2.05) is 32.2 Å². The summed E-state index contributed by atoms with van der Waals surface area (Å²) >= 11 is 0. The molecule has 1 saturated heterocycles. The van der Waals surface area contributed by atoms with Gasteiger partial charge in [0.15, 0.2) is 0 Å². The Bertz CT molecular complexity index is 1190. The summed E-state index contributed by atoms with van der Waals surface area (Å²) in [6.07, 6.45) is 5.98. The lowest BCUT2D eigenvalue weighted by Crippen LogP contribution is -2.29. The van der Waals surface area contributed by atoms with Crippen molar-refractivity contribution in [3.63, 3.8) is 0 Å². The average molecular weight is 449 g/mol. The first kappa shape index (κ1) is 22.8. The van der Waals surface area contributed by atoms with E-state index in [1.165, 1.54) is 5.39 Å². The van der Waals surface area contributed by atoms with Crippen LogP contribution in [0.25, 0.3) is 27.8 Å². The Morgan fingerprint density at radius 1 is 1.27 bits per heavy atom. The third-order valence-electron chi connectivity index (χ3n) is 5.98. The molecule has 0 bridgehead atoms. The molecule has 1 aliphatic rings. The minimum absolute atomic E-state index is 0.443. The van der Waals surface area contributed by atoms with E-state index < -0.39 is 0 Å². The first-order chi connectivity index (χ1) is 16.0. The highest BCUT2D eigenvalue weighted by molar-refractivity contribution is 5.91. The fourth-order valence-electron chi connectivity index (χ4n) is 4.26. The van der Waals surface area contributed by atoms with E-state index in [9.17, 15) is 4.79 Å². The molecule has 3 aromatic heterocycles. The van der Waals surface area contributed by atoms with Crippen molar-refractivity contribution in [2.75, 3.05) is 32.5 Å². The minimum atomic E-state index is 0.443. The monoisotopic (exact) mass is 448 g/mol. The normalized spacial score (nSPS) is 15.0. The Morgan fingerprint density at radius 2 is 2.03 bits per heavy atom. The fraction of sp³-hybridized carbons (Fsp3) is 0.400. The number of likely N-dealkylation sites (tertiary alicyclic amines) is 1. The zero-order valence-corrected chi connectivity index (χ0v) is 19.5. The van der Waals surface area contributed by atoms with Gasteiger partial charge in [0.25, 0.3) is 6.47 Å². The van der Waals surface area contributed by atoms with Crippen molar-refractivity contribution < 1.29 is 9.53 Å². The van der Waals surface area contributed by atoms with Crippen LogP contribution >= 0.6 is 0 Å². The number of nitrogens with one attached hydrogen (secondary N) is 1. The number of ether oxygens (including phenoxy) is 1. The van der Waals surface area contributed by atoms with Gasteiger partial charge in [-0.15, -0.1) is 0 Å². The Kier molecular flexibility index (Phi) is 6.93. The van der Waals surface area contributed by atoms with E-state index in [2.05, 4.69) is 49.3 Å². The molecule has 0 radical (unpaired) electrons. The molecule has 0 unspecified atom stereocenters. The number of piperidine rings is 1. The highest BCUT2D eigenvalue weighted by Crippen LogP contribution is 2.34. The van der Waals surface area contributed by atoms with Crippen molar-refractivity contribution in [1.29, 1.82) is 0 Å². The van der Waals surface area contributed by atoms with Gasteiger partial charge in [-0.3, -0.25) is 9.20 Å². The van der Waals surface area contributed by atoms with Crippen molar-refractivity contribution in [2.45, 2.75) is 32.6 Å². The summed E-state index contributed by atoms with van der Waals surface area (Å²) in [6.45, 7) is 7.18. The molecule has 4 heterocycles. The molecule has 5 rings (SSSR count). The predicted molar refractivity (Wildman–Crippen MR) is 131 cm³/mol. The summed E-state index contributed by atoms with van der Waals surface area (Å²) in [5.74, 6) is 2.51. The summed E-state index contributed by atoms with van der Waals surface area (Å²) in [7, 11) is 2.18. The molecule has 8 heteroatoms. The quantitative estimate of drug-likeness (QED) is 0.446. The standard InChI is InChI=1S/C20H22N6.C5H10O2/c1-25-9-6-13(7-10-25)20-24-17(18-19(21)22-8-11-26(18)20)16-12-14-4-2-3-5-15(14)23-16;1-5(2)3-7-4-6/h2-5,8,11-13,23H,6-7,9-10H2,1H3,(H2,21,22);4-5H,3H2,1-2H3. The van der Waals surface area contributed by atoms with Crippen LogP contribution < -0.4 is 5.73 Å². The molecule has 8 nitrogen and oxygen atoms in total. The maximum atomic E-state index is 9.49. The van der Waals surface area contributed by atoms with Crippen LogP contribution in [-0.2, 0) is 9.53 Å². The Balaban J connectivity index is 0.000000325. The van der Waals surface area contributed by atoms with Gasteiger partial charge in [-0.25, -0.2) is 9.97 Å². The number of aromatic amines is 1. The second-order valence-electron chi connectivity index (χ2n) is 9.02. The van der Waals surface area contributed by atoms with Crippen molar-refractivity contribution in [1.82, 2.24) is 24.3 Å². The second kappa shape index (κ2) is 10.0. The van der Waals surface area contributed by atoms with Crippen LogP contribution in [0.5, 0.6) is 0 Å². The summed E-state index contributed by atoms with van der Waals surface area (Å²) < 4.78 is 6.55. The number of imidazole rings is 1. The molecule has 3 N–H and O–H groups in total. The number of anilines is 1. The SMILES string of the molecule is CC(C)COC=O.CN1CCC(c2nc(-c3cc4ccccc4[nH]3)c3c(N)nccn23)CC1. The molecule has 0 atom stereocenters. The topological polar surface area (TPSA) is 102 Å². The summed E-state index contributed by atoms with van der Waals surface area (Å²) in [4.78, 5) is 24.7. The zero-order chi connectivity index (χ0) is 23.4. The molecule has 1 aliphatic heterocycles. The van der Waals surface area contributed by atoms with Gasteiger partial charge in [0.2, 0.25) is 0 Å². The molecule has 174 valence electrons. The minimum Gasteiger partial charge on any atom is -0.468 e. The van der Waals surface area contributed by atoms with Gasteiger partial charge in [0.1, 0.15) is 22.9 Å². The van der Waals surface area contributed by atoms with Crippen LogP contribution in [0, 0.1) is 5.92 Å². The largest absolute Gasteiger partial charge is 0.468 e. The number of hydrogen-bond acceptors (Lipinski definition) is 6. The van der Waals surface area contributed by atoms with E-state index in [1.54, 1.807) is 6.20 Å². The van der Waals surface area contributed by atoms with Crippen molar-refractivity contribution in [3.05, 3.63) is 48.5 Å². The molecule has 1 aromatic carbocycles. The molecule has 0 saturated carbocycles. The van der Waals surface area contributed by atoms with Gasteiger partial charge in [-0.2, -0.15) is 0 Å². The summed E-state index contributed by atoms with van der Waals surface area (Å²) in [6, 6.07) is 10.4. The Morgan fingerprint density at radius 3 is 2.70 bits per heavy atom. The number of rotatable bonds is 5. The van der Waals surface area contributed by atoms with Crippen molar-refractivity contribution in [2.24, 2.45) is 5.92 Å². The number of carbonyl (C=O) groups excluding carboxylic acids is 1. The summed E-state index contributed by atoms with van der Waals surface area (Å²) in [5.41, 5.74) is 10.1. The molecular formula is C25H32N6O2. The lowest BCUT2D eigenvalue weighted by molar-refractivity contribution is -0.129. The first-order valence-electron chi connectivity index (χ1n) is 11.4. The number of hydrogen-bond donors (Lipinski definition) is 2. The molecule has 33 heavy (non-hydrogen) atoms. The van der Waals surface area contributed by atoms with Crippen LogP contribution in [0.4, 0.5) is 5.82 Å². The van der Waals surface area contributed by atoms with Gasteiger partial charge in [-0.1, -0.05) is 32.0 Å². The third kappa shape index (κ3) is 5.01. The van der Waals surface area contributed by atoms with E-state index in [-0.39, 0.29) is 0 Å². The van der Waals surface area contributed by atoms with Crippen LogP contribution in [0.2, 0.25) is 0 Å². The molecule has 1 fully saturated rings. The second-order valence-corrected chi connectivity index (χ2v) is 9.02. The lowest BCUT2D eigenvalue weighted by atomic mass is 9.96. The van der Waals surface area contributed by atoms with Crippen LogP contribution in [0.1, 0.15) is 38.4 Å². The maximum Gasteiger partial charge on any atom is 0.293 e. The number of para-hydroxylation sites is 1. The van der Waals surface area contributed by atoms with Gasteiger partial charge >= 0.3 is 0 Å². The molecule has 0 aliphatic carbocycles.